The van der Waals surface area contributed by atoms with E-state index in [2.05, 4.69) is 21.4 Å². The van der Waals surface area contributed by atoms with Gasteiger partial charge in [-0.25, -0.2) is 9.67 Å². The third-order valence-corrected chi connectivity index (χ3v) is 9.10. The Balaban J connectivity index is 1.29. The minimum absolute atomic E-state index is 0.00382. The number of likely N-dealkylation sites (tertiary alicyclic amines) is 1. The molecule has 1 aliphatic carbocycles. The Bertz CT molecular complexity index is 1870. The fourth-order valence-electron chi connectivity index (χ4n) is 6.29. The van der Waals surface area contributed by atoms with Gasteiger partial charge in [-0.1, -0.05) is 41.9 Å². The van der Waals surface area contributed by atoms with Crippen molar-refractivity contribution in [3.05, 3.63) is 92.4 Å². The van der Waals surface area contributed by atoms with Crippen molar-refractivity contribution < 1.29 is 19.1 Å². The second kappa shape index (κ2) is 12.5. The number of aryl methyl sites for hydroxylation is 2. The van der Waals surface area contributed by atoms with E-state index >= 15 is 0 Å². The number of nitrogens with zero attached hydrogens (tertiary/aromatic N) is 4. The number of rotatable bonds is 8. The quantitative estimate of drug-likeness (QED) is 0.265. The van der Waals surface area contributed by atoms with Crippen LogP contribution in [0.25, 0.3) is 22.4 Å². The predicted molar refractivity (Wildman–Crippen MR) is 172 cm³/mol. The number of aromatic nitrogens is 3. The van der Waals surface area contributed by atoms with Gasteiger partial charge in [-0.2, -0.15) is 5.10 Å². The molecule has 45 heavy (non-hydrogen) atoms. The Morgan fingerprint density at radius 1 is 1.09 bits per heavy atom. The van der Waals surface area contributed by atoms with Crippen molar-refractivity contribution in [3.8, 4) is 28.3 Å². The van der Waals surface area contributed by atoms with Gasteiger partial charge in [0.2, 0.25) is 5.88 Å². The number of methoxy groups -OCH3 is 1. The van der Waals surface area contributed by atoms with Crippen LogP contribution in [-0.4, -0.2) is 58.3 Å². The highest BCUT2D eigenvalue weighted by Gasteiger charge is 2.42. The summed E-state index contributed by atoms with van der Waals surface area (Å²) in [5.41, 5.74) is 6.21. The summed E-state index contributed by atoms with van der Waals surface area (Å²) in [6.45, 7) is 5.45. The fraction of sp³-hybridized carbons (Fsp3) is 0.324. The maximum atomic E-state index is 13.0. The maximum Gasteiger partial charge on any atom is 0.311 e. The minimum atomic E-state index is -0.513. The van der Waals surface area contributed by atoms with E-state index in [1.807, 2.05) is 44.2 Å². The number of nitrogens with one attached hydrogen (secondary N) is 1. The number of esters is 1. The van der Waals surface area contributed by atoms with E-state index in [0.29, 0.717) is 42.0 Å². The number of amides is 1. The smallest absolute Gasteiger partial charge is 0.311 e. The lowest BCUT2D eigenvalue weighted by Gasteiger charge is -2.42. The second-order valence-electron chi connectivity index (χ2n) is 11.3. The van der Waals surface area contributed by atoms with Gasteiger partial charge in [0.1, 0.15) is 5.56 Å². The lowest BCUT2D eigenvalue weighted by molar-refractivity contribution is -0.155. The van der Waals surface area contributed by atoms with Crippen molar-refractivity contribution in [2.24, 2.45) is 13.0 Å². The second-order valence-corrected chi connectivity index (χ2v) is 11.7. The molecular weight excluding hydrogens is 594 g/mol. The zero-order valence-electron chi connectivity index (χ0n) is 25.6. The van der Waals surface area contributed by atoms with Crippen molar-refractivity contribution in [3.63, 3.8) is 0 Å². The molecule has 1 amide bonds. The number of carbonyl (C=O) groups excluding carboxylic acids is 2. The zero-order valence-corrected chi connectivity index (χ0v) is 26.4. The normalized spacial score (nSPS) is 16.2. The minimum Gasteiger partial charge on any atom is -0.481 e. The molecule has 0 unspecified atom stereocenters. The van der Waals surface area contributed by atoms with Gasteiger partial charge in [0.15, 0.2) is 0 Å². The van der Waals surface area contributed by atoms with Crippen LogP contribution in [0.2, 0.25) is 5.02 Å². The highest BCUT2D eigenvalue weighted by molar-refractivity contribution is 6.36. The monoisotopic (exact) mass is 627 g/mol. The Morgan fingerprint density at radius 2 is 1.82 bits per heavy atom. The SMILES string of the molecule is CCOC(=O)C1CN([C@H]2CCc3cc(-c4cccc(-c5cccc(NC(=O)c6ccnn(C)c6=O)c5C)c4Cl)nc(OC)c32)C1. The number of hydrogen-bond donors (Lipinski definition) is 1. The van der Waals surface area contributed by atoms with Crippen molar-refractivity contribution >= 4 is 29.2 Å². The average molecular weight is 628 g/mol. The highest BCUT2D eigenvalue weighted by Crippen LogP contribution is 2.46. The first kappa shape index (κ1) is 30.5. The number of ether oxygens (including phenoxy) is 2. The van der Waals surface area contributed by atoms with Crippen LogP contribution in [0, 0.1) is 12.8 Å². The first-order valence-corrected chi connectivity index (χ1v) is 15.3. The number of benzene rings is 2. The van der Waals surface area contributed by atoms with Gasteiger partial charge in [0.25, 0.3) is 11.5 Å². The molecule has 2 aromatic carbocycles. The van der Waals surface area contributed by atoms with Crippen LogP contribution in [0.4, 0.5) is 5.69 Å². The molecule has 1 aliphatic heterocycles. The maximum absolute atomic E-state index is 13.0. The van der Waals surface area contributed by atoms with Crippen LogP contribution >= 0.6 is 11.6 Å². The summed E-state index contributed by atoms with van der Waals surface area (Å²) in [6, 6.07) is 15.0. The number of pyridine rings is 1. The molecule has 2 aliphatic rings. The molecular formula is C34H34ClN5O5. The molecule has 1 saturated heterocycles. The van der Waals surface area contributed by atoms with Crippen molar-refractivity contribution in [2.45, 2.75) is 32.7 Å². The molecule has 0 bridgehead atoms. The van der Waals surface area contributed by atoms with E-state index in [-0.39, 0.29) is 23.5 Å². The first-order valence-electron chi connectivity index (χ1n) is 14.9. The molecule has 3 heterocycles. The Hall–Kier alpha value is -4.54. The zero-order chi connectivity index (χ0) is 31.8. The molecule has 232 valence electrons. The summed E-state index contributed by atoms with van der Waals surface area (Å²) in [6.07, 6.45) is 3.20. The number of carbonyl (C=O) groups is 2. The molecule has 0 radical (unpaired) electrons. The van der Waals surface area contributed by atoms with Gasteiger partial charge in [-0.15, -0.1) is 0 Å². The molecule has 2 aromatic heterocycles. The molecule has 1 atom stereocenters. The van der Waals surface area contributed by atoms with Crippen LogP contribution in [0.1, 0.15) is 46.4 Å². The predicted octanol–water partition coefficient (Wildman–Crippen LogP) is 5.21. The standard InChI is InChI=1S/C34H34ClN5O5/c1-5-45-34(43)21-17-40(18-21)28-13-12-20-16-27(38-32(44-4)29(20)28)24-10-6-9-23(30(24)35)22-8-7-11-26(19(22)2)37-31(41)25-14-15-36-39(3)33(25)42/h6-11,14-16,21,28H,5,12-13,17-18H2,1-4H3,(H,37,41)/t28-/m0/s1. The highest BCUT2D eigenvalue weighted by atomic mass is 35.5. The van der Waals surface area contributed by atoms with E-state index in [1.54, 1.807) is 13.2 Å². The van der Waals surface area contributed by atoms with Gasteiger partial charge in [-0.05, 0) is 61.6 Å². The van der Waals surface area contributed by atoms with Gasteiger partial charge in [0.05, 0.1) is 30.4 Å². The van der Waals surface area contributed by atoms with E-state index in [9.17, 15) is 14.4 Å². The largest absolute Gasteiger partial charge is 0.481 e. The van der Waals surface area contributed by atoms with E-state index < -0.39 is 11.5 Å². The van der Waals surface area contributed by atoms with E-state index in [0.717, 1.165) is 50.9 Å². The third kappa shape index (κ3) is 5.60. The van der Waals surface area contributed by atoms with Crippen LogP contribution in [0.5, 0.6) is 5.88 Å². The topological polar surface area (TPSA) is 116 Å². The third-order valence-electron chi connectivity index (χ3n) is 8.69. The van der Waals surface area contributed by atoms with Crippen LogP contribution < -0.4 is 15.6 Å². The number of fused-ring (bicyclic) bond motifs is 1. The number of halogens is 1. The van der Waals surface area contributed by atoms with Gasteiger partial charge < -0.3 is 14.8 Å². The van der Waals surface area contributed by atoms with Crippen molar-refractivity contribution in [2.75, 3.05) is 32.1 Å². The summed E-state index contributed by atoms with van der Waals surface area (Å²) < 4.78 is 12.1. The van der Waals surface area contributed by atoms with Crippen LogP contribution in [-0.2, 0) is 23.0 Å². The summed E-state index contributed by atoms with van der Waals surface area (Å²) in [7, 11) is 3.13. The molecule has 0 spiro atoms. The molecule has 11 heteroatoms. The molecule has 1 fully saturated rings. The van der Waals surface area contributed by atoms with E-state index in [4.69, 9.17) is 26.1 Å². The number of hydrogen-bond acceptors (Lipinski definition) is 8. The molecule has 4 aromatic rings. The van der Waals surface area contributed by atoms with E-state index in [1.165, 1.54) is 19.3 Å². The summed E-state index contributed by atoms with van der Waals surface area (Å²) in [4.78, 5) is 44.8. The summed E-state index contributed by atoms with van der Waals surface area (Å²) >= 11 is 7.10. The van der Waals surface area contributed by atoms with Gasteiger partial charge in [0, 0.05) is 54.8 Å². The molecule has 1 N–H and O–H groups in total. The fourth-order valence-corrected chi connectivity index (χ4v) is 6.61. The molecule has 0 saturated carbocycles. The van der Waals surface area contributed by atoms with Crippen molar-refractivity contribution in [1.82, 2.24) is 19.7 Å². The Labute approximate surface area is 265 Å². The Kier molecular flexibility index (Phi) is 8.44. The molecule has 10 nitrogen and oxygen atoms in total. The first-order chi connectivity index (χ1) is 21.7. The van der Waals surface area contributed by atoms with Crippen LogP contribution in [0.15, 0.2) is 59.5 Å². The lowest BCUT2D eigenvalue weighted by Crippen LogP contribution is -2.51. The van der Waals surface area contributed by atoms with Gasteiger partial charge in [-0.3, -0.25) is 19.3 Å². The number of anilines is 1. The van der Waals surface area contributed by atoms with Crippen LogP contribution in [0.3, 0.4) is 0 Å². The lowest BCUT2D eigenvalue weighted by atomic mass is 9.94. The average Bonchev–Trinajstić information content (AvgIpc) is 3.42. The Morgan fingerprint density at radius 3 is 2.58 bits per heavy atom. The summed E-state index contributed by atoms with van der Waals surface area (Å²) in [5, 5.41) is 7.28. The summed E-state index contributed by atoms with van der Waals surface area (Å²) in [5.74, 6) is -0.175. The van der Waals surface area contributed by atoms with Crippen molar-refractivity contribution in [1.29, 1.82) is 0 Å². The molecule has 6 rings (SSSR count). The van der Waals surface area contributed by atoms with Gasteiger partial charge >= 0.3 is 5.97 Å².